The molecule has 2 aliphatic rings. The second-order valence-corrected chi connectivity index (χ2v) is 10.2. The lowest BCUT2D eigenvalue weighted by Gasteiger charge is -2.37. The van der Waals surface area contributed by atoms with Gasteiger partial charge in [-0.1, -0.05) is 30.3 Å². The number of rotatable bonds is 6. The van der Waals surface area contributed by atoms with Crippen LogP contribution in [0.1, 0.15) is 46.4 Å². The molecule has 2 aromatic carbocycles. The monoisotopic (exact) mass is 481 g/mol. The topological polar surface area (TPSA) is 41.1 Å². The van der Waals surface area contributed by atoms with Crippen LogP contribution in [0.4, 0.5) is 4.39 Å². The molecule has 4 nitrogen and oxygen atoms in total. The van der Waals surface area contributed by atoms with Crippen LogP contribution in [-0.2, 0) is 13.0 Å². The Kier molecular flexibility index (Phi) is 6.10. The van der Waals surface area contributed by atoms with Crippen molar-refractivity contribution in [2.75, 3.05) is 26.9 Å². The molecule has 4 aromatic rings. The number of methoxy groups -OCH3 is 1. The van der Waals surface area contributed by atoms with Gasteiger partial charge in [0.25, 0.3) is 0 Å². The van der Waals surface area contributed by atoms with E-state index >= 15 is 0 Å². The van der Waals surface area contributed by atoms with E-state index in [1.54, 1.807) is 7.11 Å². The Hall–Kier alpha value is -3.44. The molecule has 0 amide bonds. The number of ether oxygens (including phenoxy) is 1. The van der Waals surface area contributed by atoms with E-state index in [0.717, 1.165) is 44.4 Å². The molecule has 0 radical (unpaired) electrons. The third-order valence-corrected chi connectivity index (χ3v) is 7.70. The number of nitrogens with one attached hydrogen (secondary N) is 1. The zero-order chi connectivity index (χ0) is 24.6. The molecule has 1 aliphatic heterocycles. The van der Waals surface area contributed by atoms with Gasteiger partial charge in [-0.25, -0.2) is 4.98 Å². The number of aryl methyl sites for hydroxylation is 2. The minimum absolute atomic E-state index is 0.204. The fraction of sp³-hybridized carbons (Fsp3) is 0.323. The standard InChI is InChI=1S/C31H32FN3O/c1-20-6-3-4-8-26(20)27-9-5-7-22-14-30(36-2)33-16-28(22)31(27)23-10-11-29-24(12-23)13-25(34-29)19-35-17-21(15-32)18-35/h3-4,6,8,10-14,16,21,34H,5,7,9,15,17-19H2,1-2H3. The van der Waals surface area contributed by atoms with Gasteiger partial charge in [-0.2, -0.15) is 0 Å². The number of halogens is 1. The average molecular weight is 482 g/mol. The quantitative estimate of drug-likeness (QED) is 0.338. The van der Waals surface area contributed by atoms with Crippen LogP contribution in [0.15, 0.2) is 60.8 Å². The van der Waals surface area contributed by atoms with Gasteiger partial charge in [0, 0.05) is 60.0 Å². The fourth-order valence-corrected chi connectivity index (χ4v) is 5.85. The van der Waals surface area contributed by atoms with Crippen molar-refractivity contribution in [2.45, 2.75) is 32.7 Å². The van der Waals surface area contributed by atoms with Crippen LogP contribution in [-0.4, -0.2) is 41.7 Å². The number of fused-ring (bicyclic) bond motifs is 2. The summed E-state index contributed by atoms with van der Waals surface area (Å²) >= 11 is 0. The number of benzene rings is 2. The smallest absolute Gasteiger partial charge is 0.213 e. The molecule has 0 unspecified atom stereocenters. The number of pyridine rings is 1. The van der Waals surface area contributed by atoms with E-state index in [1.807, 2.05) is 6.20 Å². The number of H-pyrrole nitrogens is 1. The number of alkyl halides is 1. The van der Waals surface area contributed by atoms with Gasteiger partial charge in [0.1, 0.15) is 0 Å². The minimum atomic E-state index is -0.215. The number of aromatic amines is 1. The second-order valence-electron chi connectivity index (χ2n) is 10.2. The third-order valence-electron chi connectivity index (χ3n) is 7.70. The SMILES string of the molecule is COc1cc2c(cn1)C(c1ccc3[nH]c(CN4CC(CF)C4)cc3c1)=C(c1ccccc1C)CCC2. The van der Waals surface area contributed by atoms with Gasteiger partial charge in [0.2, 0.25) is 5.88 Å². The van der Waals surface area contributed by atoms with E-state index < -0.39 is 0 Å². The molecule has 36 heavy (non-hydrogen) atoms. The molecule has 184 valence electrons. The van der Waals surface area contributed by atoms with E-state index in [0.29, 0.717) is 5.88 Å². The number of likely N-dealkylation sites (tertiary alicyclic amines) is 1. The van der Waals surface area contributed by atoms with Gasteiger partial charge in [-0.15, -0.1) is 0 Å². The molecular weight excluding hydrogens is 449 g/mol. The summed E-state index contributed by atoms with van der Waals surface area (Å²) in [5.41, 5.74) is 11.3. The van der Waals surface area contributed by atoms with Crippen LogP contribution < -0.4 is 4.74 Å². The van der Waals surface area contributed by atoms with Gasteiger partial charge in [-0.3, -0.25) is 9.29 Å². The van der Waals surface area contributed by atoms with Crippen molar-refractivity contribution in [3.05, 3.63) is 94.3 Å². The summed E-state index contributed by atoms with van der Waals surface area (Å²) in [4.78, 5) is 10.5. The summed E-state index contributed by atoms with van der Waals surface area (Å²) in [6, 6.07) is 19.8. The molecule has 0 spiro atoms. The average Bonchev–Trinajstić information content (AvgIpc) is 3.18. The maximum atomic E-state index is 12.8. The first-order valence-corrected chi connectivity index (χ1v) is 12.9. The van der Waals surface area contributed by atoms with Gasteiger partial charge in [0.15, 0.2) is 0 Å². The van der Waals surface area contributed by atoms with Crippen molar-refractivity contribution in [3.63, 3.8) is 0 Å². The number of allylic oxidation sites excluding steroid dienone is 1. The lowest BCUT2D eigenvalue weighted by molar-refractivity contribution is 0.0728. The Labute approximate surface area is 211 Å². The van der Waals surface area contributed by atoms with Gasteiger partial charge in [-0.05, 0) is 77.8 Å². The molecular formula is C31H32FN3O. The highest BCUT2D eigenvalue weighted by Gasteiger charge is 2.27. The zero-order valence-electron chi connectivity index (χ0n) is 21.0. The predicted molar refractivity (Wildman–Crippen MR) is 144 cm³/mol. The predicted octanol–water partition coefficient (Wildman–Crippen LogP) is 6.58. The summed E-state index contributed by atoms with van der Waals surface area (Å²) in [5, 5.41) is 1.20. The number of nitrogens with zero attached hydrogens (tertiary/aromatic N) is 2. The molecule has 2 aromatic heterocycles. The largest absolute Gasteiger partial charge is 0.481 e. The van der Waals surface area contributed by atoms with Gasteiger partial charge >= 0.3 is 0 Å². The van der Waals surface area contributed by atoms with E-state index in [1.165, 1.54) is 50.0 Å². The van der Waals surface area contributed by atoms with Crippen LogP contribution in [0.5, 0.6) is 5.88 Å². The first-order valence-electron chi connectivity index (χ1n) is 12.9. The minimum Gasteiger partial charge on any atom is -0.481 e. The Morgan fingerprint density at radius 2 is 1.92 bits per heavy atom. The van der Waals surface area contributed by atoms with Gasteiger partial charge in [0.05, 0.1) is 13.8 Å². The molecule has 0 bridgehead atoms. The summed E-state index contributed by atoms with van der Waals surface area (Å²) in [6.45, 7) is 4.51. The Balaban J connectivity index is 1.46. The lowest BCUT2D eigenvalue weighted by atomic mass is 9.87. The molecule has 6 rings (SSSR count). The van der Waals surface area contributed by atoms with E-state index in [4.69, 9.17) is 4.74 Å². The highest BCUT2D eigenvalue weighted by atomic mass is 19.1. The highest BCUT2D eigenvalue weighted by Crippen LogP contribution is 2.41. The van der Waals surface area contributed by atoms with Gasteiger partial charge < -0.3 is 9.72 Å². The fourth-order valence-electron chi connectivity index (χ4n) is 5.85. The lowest BCUT2D eigenvalue weighted by Crippen LogP contribution is -2.46. The van der Waals surface area contributed by atoms with Crippen molar-refractivity contribution in [3.8, 4) is 5.88 Å². The van der Waals surface area contributed by atoms with Crippen molar-refractivity contribution in [1.29, 1.82) is 0 Å². The number of hydrogen-bond acceptors (Lipinski definition) is 3. The molecule has 1 fully saturated rings. The molecule has 0 saturated carbocycles. The van der Waals surface area contributed by atoms with E-state index in [2.05, 4.69) is 76.4 Å². The second kappa shape index (κ2) is 9.55. The zero-order valence-corrected chi connectivity index (χ0v) is 21.0. The van der Waals surface area contributed by atoms with Crippen LogP contribution in [0.25, 0.3) is 22.0 Å². The molecule has 1 saturated heterocycles. The third kappa shape index (κ3) is 4.22. The molecule has 1 N–H and O–H groups in total. The maximum Gasteiger partial charge on any atom is 0.213 e. The molecule has 5 heteroatoms. The molecule has 1 aliphatic carbocycles. The summed E-state index contributed by atoms with van der Waals surface area (Å²) in [7, 11) is 1.68. The molecule has 0 atom stereocenters. The van der Waals surface area contributed by atoms with Crippen molar-refractivity contribution in [2.24, 2.45) is 5.92 Å². The Morgan fingerprint density at radius 1 is 1.06 bits per heavy atom. The first kappa shape index (κ1) is 23.0. The van der Waals surface area contributed by atoms with Crippen LogP contribution in [0.3, 0.4) is 0 Å². The van der Waals surface area contributed by atoms with E-state index in [-0.39, 0.29) is 12.6 Å². The number of aromatic nitrogens is 2. The normalized spacial score (nSPS) is 16.6. The summed E-state index contributed by atoms with van der Waals surface area (Å²) in [6.07, 6.45) is 5.09. The maximum absolute atomic E-state index is 12.8. The Morgan fingerprint density at radius 3 is 2.72 bits per heavy atom. The van der Waals surface area contributed by atoms with Crippen LogP contribution in [0.2, 0.25) is 0 Å². The van der Waals surface area contributed by atoms with E-state index in [9.17, 15) is 4.39 Å². The summed E-state index contributed by atoms with van der Waals surface area (Å²) < 4.78 is 18.3. The van der Waals surface area contributed by atoms with Crippen molar-refractivity contribution >= 4 is 22.0 Å². The Bertz CT molecular complexity index is 1450. The highest BCUT2D eigenvalue weighted by molar-refractivity contribution is 6.02. The van der Waals surface area contributed by atoms with Crippen molar-refractivity contribution < 1.29 is 9.13 Å². The van der Waals surface area contributed by atoms with Crippen LogP contribution in [0, 0.1) is 12.8 Å². The number of hydrogen-bond donors (Lipinski definition) is 1. The first-order chi connectivity index (χ1) is 17.6. The molecule has 3 heterocycles. The summed E-state index contributed by atoms with van der Waals surface area (Å²) in [5.74, 6) is 0.870. The van der Waals surface area contributed by atoms with Crippen molar-refractivity contribution in [1.82, 2.24) is 14.9 Å². The van der Waals surface area contributed by atoms with Crippen LogP contribution >= 0.6 is 0 Å².